The van der Waals surface area contributed by atoms with Gasteiger partial charge in [-0.05, 0) is 12.1 Å². The molecule has 0 unspecified atom stereocenters. The molecule has 0 radical (unpaired) electrons. The van der Waals surface area contributed by atoms with E-state index in [0.717, 1.165) is 11.0 Å². The van der Waals surface area contributed by atoms with Crippen molar-refractivity contribution in [3.63, 3.8) is 0 Å². The fourth-order valence-corrected chi connectivity index (χ4v) is 1.58. The Morgan fingerprint density at radius 3 is 2.52 bits per heavy atom. The number of benzene rings is 1. The van der Waals surface area contributed by atoms with Crippen LogP contribution in [-0.4, -0.2) is 34.9 Å². The van der Waals surface area contributed by atoms with Crippen LogP contribution in [0.1, 0.15) is 6.99 Å². The molecule has 0 atom stereocenters. The second kappa shape index (κ2) is 8.00. The van der Waals surface area contributed by atoms with E-state index in [9.17, 15) is 20.0 Å². The summed E-state index contributed by atoms with van der Waals surface area (Å²) in [5, 5.41) is 30.0. The Bertz CT molecular complexity index is 658. The summed E-state index contributed by atoms with van der Waals surface area (Å²) in [6, 6.07) is 5.07. The Balaban J connectivity index is 0. The van der Waals surface area contributed by atoms with E-state index in [2.05, 4.69) is 0 Å². The summed E-state index contributed by atoms with van der Waals surface area (Å²) >= 11 is 5.65. The van der Waals surface area contributed by atoms with E-state index in [1.165, 1.54) is 26.2 Å². The van der Waals surface area contributed by atoms with Gasteiger partial charge in [0, 0.05) is 25.2 Å². The smallest absolute Gasteiger partial charge is 1.00 e. The number of nitrogens with zero attached hydrogens (tertiary/aromatic N) is 3. The van der Waals surface area contributed by atoms with Crippen LogP contribution in [0.2, 0.25) is 5.02 Å². The van der Waals surface area contributed by atoms with Crippen LogP contribution in [0.25, 0.3) is 5.76 Å². The molecule has 0 aliphatic rings. The number of hydrogen-bond acceptors (Lipinski definition) is 5. The number of nitro groups is 1. The average Bonchev–Trinajstić information content (AvgIpc) is 2.38. The Morgan fingerprint density at radius 1 is 1.52 bits per heavy atom. The van der Waals surface area contributed by atoms with E-state index in [1.807, 2.05) is 0 Å². The van der Waals surface area contributed by atoms with Crippen LogP contribution in [0.4, 0.5) is 5.69 Å². The molecule has 0 aliphatic carbocycles. The third-order valence-corrected chi connectivity index (χ3v) is 2.62. The molecule has 0 aromatic heterocycles. The molecule has 1 aromatic rings. The maximum absolute atomic E-state index is 11.7. The summed E-state index contributed by atoms with van der Waals surface area (Å²) in [5.41, 5.74) is -1.32. The van der Waals surface area contributed by atoms with E-state index < -0.39 is 27.9 Å². The van der Waals surface area contributed by atoms with Crippen molar-refractivity contribution in [2.45, 2.75) is 0 Å². The van der Waals surface area contributed by atoms with E-state index in [4.69, 9.17) is 16.9 Å². The second-order valence-electron chi connectivity index (χ2n) is 3.95. The van der Waals surface area contributed by atoms with Gasteiger partial charge in [0.25, 0.3) is 11.6 Å². The molecule has 0 fully saturated rings. The maximum Gasteiger partial charge on any atom is 1.00 e. The minimum Gasteiger partial charge on any atom is -1.00 e. The Kier molecular flexibility index (Phi) is 7.39. The van der Waals surface area contributed by atoms with Crippen LogP contribution in [0.15, 0.2) is 23.8 Å². The predicted octanol–water partition coefficient (Wildman–Crippen LogP) is -0.754. The summed E-state index contributed by atoms with van der Waals surface area (Å²) in [5.74, 6) is -1.51. The minimum atomic E-state index is -0.757. The molecule has 0 saturated carbocycles. The van der Waals surface area contributed by atoms with Gasteiger partial charge in [0.1, 0.15) is 6.07 Å². The van der Waals surface area contributed by atoms with Gasteiger partial charge in [-0.2, -0.15) is 5.26 Å². The number of rotatable bonds is 3. The van der Waals surface area contributed by atoms with Crippen molar-refractivity contribution in [2.75, 3.05) is 14.1 Å². The van der Waals surface area contributed by atoms with Crippen LogP contribution >= 0.6 is 11.6 Å². The third kappa shape index (κ3) is 4.44. The average molecular weight is 320 g/mol. The van der Waals surface area contributed by atoms with Crippen molar-refractivity contribution >= 4 is 29.0 Å². The molecular weight excluding hydrogens is 309 g/mol. The van der Waals surface area contributed by atoms with E-state index in [1.54, 1.807) is 6.07 Å². The molecule has 0 heterocycles. The quantitative estimate of drug-likeness (QED) is 0.197. The Labute approximate surface area is 149 Å². The van der Waals surface area contributed by atoms with Gasteiger partial charge in [-0.15, -0.1) is 0 Å². The molecule has 1 amide bonds. The number of hydrogen-bond donors (Lipinski definition) is 1. The fraction of sp³-hybridized carbons (Fsp3) is 0.167. The molecule has 1 rings (SSSR count). The molecule has 0 spiro atoms. The summed E-state index contributed by atoms with van der Waals surface area (Å²) in [6.07, 6.45) is 0. The van der Waals surface area contributed by atoms with Crippen LogP contribution in [-0.2, 0) is 4.79 Å². The zero-order valence-electron chi connectivity index (χ0n) is 12.6. The van der Waals surface area contributed by atoms with Gasteiger partial charge in [0.05, 0.1) is 10.5 Å². The number of likely N-dealkylation sites (N-methyl/N-ethyl adjacent to an activating group) is 1. The number of aliphatic hydroxyl groups is 1. The zero-order valence-corrected chi connectivity index (χ0v) is 14.4. The standard InChI is InChI=1S/C12H10ClN3O4.Na.H/c1-15(2)12(18)9(6-14)11(17)8-4-3-7(13)5-10(8)16(19)20;;/h3-5,17H,1-2H3;;/q;+1;-1. The first-order valence-corrected chi connectivity index (χ1v) is 5.66. The molecule has 106 valence electrons. The van der Waals surface area contributed by atoms with Crippen LogP contribution in [0.3, 0.4) is 0 Å². The van der Waals surface area contributed by atoms with Gasteiger partial charge in [-0.3, -0.25) is 14.9 Å². The summed E-state index contributed by atoms with van der Waals surface area (Å²) < 4.78 is 0. The van der Waals surface area contributed by atoms with E-state index >= 15 is 0 Å². The largest absolute Gasteiger partial charge is 1.00 e. The summed E-state index contributed by atoms with van der Waals surface area (Å²) in [6.45, 7) is 0. The predicted molar refractivity (Wildman–Crippen MR) is 73.1 cm³/mol. The molecule has 7 nitrogen and oxygen atoms in total. The van der Waals surface area contributed by atoms with E-state index in [0.29, 0.717) is 0 Å². The first kappa shape index (κ1) is 19.4. The van der Waals surface area contributed by atoms with E-state index in [-0.39, 0.29) is 41.6 Å². The first-order chi connectivity index (χ1) is 9.29. The molecule has 9 heteroatoms. The van der Waals surface area contributed by atoms with Crippen molar-refractivity contribution < 1.29 is 45.8 Å². The Hall–Kier alpha value is -1.59. The second-order valence-corrected chi connectivity index (χ2v) is 4.39. The van der Waals surface area contributed by atoms with Crippen molar-refractivity contribution in [1.29, 1.82) is 5.26 Å². The van der Waals surface area contributed by atoms with Crippen molar-refractivity contribution in [2.24, 2.45) is 0 Å². The van der Waals surface area contributed by atoms with Gasteiger partial charge in [0.15, 0.2) is 11.3 Å². The normalized spacial score (nSPS) is 10.8. The number of aliphatic hydroxyl groups excluding tert-OH is 1. The minimum absolute atomic E-state index is 0. The van der Waals surface area contributed by atoms with Gasteiger partial charge in [-0.25, -0.2) is 0 Å². The first-order valence-electron chi connectivity index (χ1n) is 5.29. The van der Waals surface area contributed by atoms with Crippen molar-refractivity contribution in [3.05, 3.63) is 44.5 Å². The summed E-state index contributed by atoms with van der Waals surface area (Å²) in [7, 11) is 2.78. The van der Waals surface area contributed by atoms with Gasteiger partial charge in [-0.1, -0.05) is 11.6 Å². The number of amides is 1. The summed E-state index contributed by atoms with van der Waals surface area (Å²) in [4.78, 5) is 23.0. The number of nitro benzene ring substituents is 1. The molecule has 1 aromatic carbocycles. The third-order valence-electron chi connectivity index (χ3n) is 2.38. The molecule has 1 N–H and O–H groups in total. The van der Waals surface area contributed by atoms with Crippen LogP contribution in [0.5, 0.6) is 0 Å². The Morgan fingerprint density at radius 2 is 2.10 bits per heavy atom. The fourth-order valence-electron chi connectivity index (χ4n) is 1.42. The maximum atomic E-state index is 11.7. The molecular formula is C12H11ClN3NaO4. The number of carbonyl (C=O) groups is 1. The van der Waals surface area contributed by atoms with Gasteiger partial charge in [0.2, 0.25) is 0 Å². The SMILES string of the molecule is CN(C)C(=O)C(C#N)=C(O)c1ccc(Cl)cc1[N+](=O)[O-].[H-].[Na+]. The monoisotopic (exact) mass is 319 g/mol. The zero-order chi connectivity index (χ0) is 15.4. The molecule has 0 aliphatic heterocycles. The van der Waals surface area contributed by atoms with Crippen molar-refractivity contribution in [3.8, 4) is 6.07 Å². The van der Waals surface area contributed by atoms with Crippen molar-refractivity contribution in [1.82, 2.24) is 4.90 Å². The molecule has 21 heavy (non-hydrogen) atoms. The topological polar surface area (TPSA) is 107 Å². The number of carbonyl (C=O) groups excluding carboxylic acids is 1. The number of halogens is 1. The number of nitriles is 1. The molecule has 0 saturated heterocycles. The van der Waals surface area contributed by atoms with Gasteiger partial charge < -0.3 is 11.4 Å². The molecule has 0 bridgehead atoms. The van der Waals surface area contributed by atoms with Crippen LogP contribution in [0, 0.1) is 21.4 Å². The van der Waals surface area contributed by atoms with Gasteiger partial charge >= 0.3 is 29.6 Å². The van der Waals surface area contributed by atoms with Crippen LogP contribution < -0.4 is 29.6 Å².